The summed E-state index contributed by atoms with van der Waals surface area (Å²) in [4.78, 5) is 2.35. The van der Waals surface area contributed by atoms with Crippen LogP contribution in [0.2, 0.25) is 14.3 Å². The van der Waals surface area contributed by atoms with E-state index < -0.39 is 13.3 Å². The van der Waals surface area contributed by atoms with Gasteiger partial charge in [0, 0.05) is 0 Å². The summed E-state index contributed by atoms with van der Waals surface area (Å²) in [6, 6.07) is 0. The van der Waals surface area contributed by atoms with E-state index in [9.17, 15) is 0 Å². The van der Waals surface area contributed by atoms with Crippen LogP contribution in [-0.2, 0) is 0 Å². The Hall–Kier alpha value is 0.283. The summed E-state index contributed by atoms with van der Waals surface area (Å²) in [6.45, 7) is 18.3. The monoisotopic (exact) mass is 230 g/mol. The SMILES string of the molecule is C=[CH][Ge]([CH](C)C)([CH](C)C)[CH](C)C. The van der Waals surface area contributed by atoms with Crippen molar-refractivity contribution in [3.8, 4) is 0 Å². The molecule has 0 heterocycles. The van der Waals surface area contributed by atoms with Gasteiger partial charge < -0.3 is 0 Å². The molecule has 0 saturated carbocycles. The van der Waals surface area contributed by atoms with Crippen molar-refractivity contribution >= 4 is 13.3 Å². The first-order chi connectivity index (χ1) is 5.39. The molecule has 0 aliphatic carbocycles. The van der Waals surface area contributed by atoms with Crippen LogP contribution in [0.3, 0.4) is 0 Å². The quantitative estimate of drug-likeness (QED) is 0.627. The number of rotatable bonds is 4. The maximum absolute atomic E-state index is 4.08. The molecule has 0 spiro atoms. The molecule has 0 amide bonds. The molecule has 0 bridgehead atoms. The fourth-order valence-electron chi connectivity index (χ4n) is 2.71. The number of hydrogen-bond donors (Lipinski definition) is 0. The summed E-state index contributed by atoms with van der Waals surface area (Å²) in [5, 5.41) is 0. The van der Waals surface area contributed by atoms with Crippen LogP contribution < -0.4 is 0 Å². The summed E-state index contributed by atoms with van der Waals surface area (Å²) in [7, 11) is 0. The zero-order valence-corrected chi connectivity index (χ0v) is 11.6. The first-order valence-electron chi connectivity index (χ1n) is 5.03. The maximum atomic E-state index is 4.08. The van der Waals surface area contributed by atoms with Gasteiger partial charge in [-0.05, 0) is 0 Å². The van der Waals surface area contributed by atoms with Crippen molar-refractivity contribution in [3.05, 3.63) is 11.5 Å². The first kappa shape index (κ1) is 12.3. The Balaban J connectivity index is 4.89. The average molecular weight is 229 g/mol. The fourth-order valence-corrected chi connectivity index (χ4v) is 14.1. The Morgan fingerprint density at radius 3 is 1.08 bits per heavy atom. The van der Waals surface area contributed by atoms with E-state index >= 15 is 0 Å². The van der Waals surface area contributed by atoms with Crippen LogP contribution in [-0.4, -0.2) is 13.3 Å². The minimum atomic E-state index is -1.78. The van der Waals surface area contributed by atoms with Crippen LogP contribution in [0.1, 0.15) is 41.5 Å². The Morgan fingerprint density at radius 2 is 1.08 bits per heavy atom. The van der Waals surface area contributed by atoms with Gasteiger partial charge in [0.25, 0.3) is 0 Å². The standard InChI is InChI=1S/C11H24Ge/c1-8-12(9(2)3,10(4)5)11(6)7/h8-11H,1H2,2-7H3. The Morgan fingerprint density at radius 1 is 0.833 bits per heavy atom. The van der Waals surface area contributed by atoms with Gasteiger partial charge in [0.2, 0.25) is 0 Å². The third-order valence-corrected chi connectivity index (χ3v) is 17.4. The summed E-state index contributed by atoms with van der Waals surface area (Å²) < 4.78 is 2.59. The van der Waals surface area contributed by atoms with Gasteiger partial charge in [-0.1, -0.05) is 0 Å². The van der Waals surface area contributed by atoms with Gasteiger partial charge in [0.15, 0.2) is 0 Å². The summed E-state index contributed by atoms with van der Waals surface area (Å²) >= 11 is -1.78. The molecular formula is C11H24Ge. The second-order valence-corrected chi connectivity index (χ2v) is 17.0. The average Bonchev–Trinajstić information content (AvgIpc) is 1.86. The Labute approximate surface area is 80.8 Å². The van der Waals surface area contributed by atoms with Crippen molar-refractivity contribution in [1.82, 2.24) is 0 Å². The van der Waals surface area contributed by atoms with Crippen LogP contribution in [0.15, 0.2) is 11.5 Å². The zero-order chi connectivity index (χ0) is 9.94. The molecule has 0 aliphatic heterocycles. The molecule has 0 rings (SSSR count). The molecule has 0 N–H and O–H groups in total. The van der Waals surface area contributed by atoms with Gasteiger partial charge in [-0.2, -0.15) is 0 Å². The van der Waals surface area contributed by atoms with Crippen LogP contribution in [0.4, 0.5) is 0 Å². The van der Waals surface area contributed by atoms with Crippen LogP contribution >= 0.6 is 0 Å². The molecule has 0 atom stereocenters. The van der Waals surface area contributed by atoms with E-state index in [-0.39, 0.29) is 0 Å². The third-order valence-electron chi connectivity index (χ3n) is 3.35. The Bertz CT molecular complexity index is 123. The van der Waals surface area contributed by atoms with Crippen LogP contribution in [0, 0.1) is 0 Å². The molecule has 0 unspecified atom stereocenters. The second kappa shape index (κ2) is 4.50. The topological polar surface area (TPSA) is 0 Å². The molecule has 1 heteroatoms. The van der Waals surface area contributed by atoms with E-state index in [1.807, 2.05) is 0 Å². The van der Waals surface area contributed by atoms with Gasteiger partial charge in [-0.25, -0.2) is 0 Å². The van der Waals surface area contributed by atoms with Crippen LogP contribution in [0.25, 0.3) is 0 Å². The molecule has 0 saturated heterocycles. The first-order valence-corrected chi connectivity index (χ1v) is 9.87. The van der Waals surface area contributed by atoms with Crippen molar-refractivity contribution in [2.24, 2.45) is 0 Å². The predicted octanol–water partition coefficient (Wildman–Crippen LogP) is 4.39. The molecule has 0 aliphatic rings. The minimum absolute atomic E-state index is 0.863. The van der Waals surface area contributed by atoms with Crippen molar-refractivity contribution in [1.29, 1.82) is 0 Å². The van der Waals surface area contributed by atoms with E-state index in [2.05, 4.69) is 53.0 Å². The molecule has 0 fully saturated rings. The molecule has 0 aromatic carbocycles. The second-order valence-electron chi connectivity index (χ2n) is 4.67. The molecule has 0 nitrogen and oxygen atoms in total. The van der Waals surface area contributed by atoms with Crippen molar-refractivity contribution in [2.45, 2.75) is 55.8 Å². The van der Waals surface area contributed by atoms with Gasteiger partial charge in [0.05, 0.1) is 0 Å². The molecular weight excluding hydrogens is 205 g/mol. The molecule has 0 aromatic rings. The Kier molecular flexibility index (Phi) is 4.61. The zero-order valence-electron chi connectivity index (χ0n) is 9.52. The third kappa shape index (κ3) is 1.96. The molecule has 0 radical (unpaired) electrons. The van der Waals surface area contributed by atoms with E-state index in [4.69, 9.17) is 0 Å². The number of hydrogen-bond acceptors (Lipinski definition) is 0. The molecule has 0 aromatic heterocycles. The summed E-state index contributed by atoms with van der Waals surface area (Å²) in [6.07, 6.45) is 0. The van der Waals surface area contributed by atoms with Crippen molar-refractivity contribution in [2.75, 3.05) is 0 Å². The fraction of sp³-hybridized carbons (Fsp3) is 0.818. The van der Waals surface area contributed by atoms with Crippen molar-refractivity contribution < 1.29 is 0 Å². The van der Waals surface area contributed by atoms with Gasteiger partial charge in [-0.3, -0.25) is 0 Å². The van der Waals surface area contributed by atoms with E-state index in [0.29, 0.717) is 0 Å². The van der Waals surface area contributed by atoms with E-state index in [0.717, 1.165) is 14.3 Å². The van der Waals surface area contributed by atoms with Gasteiger partial charge in [0.1, 0.15) is 0 Å². The summed E-state index contributed by atoms with van der Waals surface area (Å²) in [5.41, 5.74) is 0. The van der Waals surface area contributed by atoms with Gasteiger partial charge in [-0.15, -0.1) is 0 Å². The van der Waals surface area contributed by atoms with Crippen LogP contribution in [0.5, 0.6) is 0 Å². The van der Waals surface area contributed by atoms with Crippen molar-refractivity contribution in [3.63, 3.8) is 0 Å². The van der Waals surface area contributed by atoms with E-state index in [1.165, 1.54) is 0 Å². The summed E-state index contributed by atoms with van der Waals surface area (Å²) in [5.74, 6) is 0. The normalized spacial score (nSPS) is 13.1. The molecule has 12 heavy (non-hydrogen) atoms. The van der Waals surface area contributed by atoms with Gasteiger partial charge >= 0.3 is 80.5 Å². The predicted molar refractivity (Wildman–Crippen MR) is 61.2 cm³/mol. The van der Waals surface area contributed by atoms with E-state index in [1.54, 1.807) is 0 Å². The molecule has 72 valence electrons.